The van der Waals surface area contributed by atoms with Gasteiger partial charge in [-0.15, -0.1) is 0 Å². The van der Waals surface area contributed by atoms with Gasteiger partial charge in [0.2, 0.25) is 5.89 Å². The van der Waals surface area contributed by atoms with Crippen LogP contribution in [0.15, 0.2) is 53.1 Å². The number of methoxy groups -OCH3 is 1. The number of hydrogen-bond donors (Lipinski definition) is 0. The Bertz CT molecular complexity index is 873. The number of halogens is 1. The zero-order valence-electron chi connectivity index (χ0n) is 14.6. The predicted molar refractivity (Wildman–Crippen MR) is 99.6 cm³/mol. The number of aromatic nitrogens is 2. The number of benzene rings is 2. The summed E-state index contributed by atoms with van der Waals surface area (Å²) in [4.78, 5) is 6.94. The lowest BCUT2D eigenvalue weighted by atomic mass is 9.99. The van der Waals surface area contributed by atoms with Gasteiger partial charge in [-0.3, -0.25) is 4.90 Å². The smallest absolute Gasteiger partial charge is 0.232 e. The number of hydrogen-bond acceptors (Lipinski definition) is 5. The molecule has 2 aromatic carbocycles. The molecule has 0 saturated carbocycles. The van der Waals surface area contributed by atoms with E-state index in [-0.39, 0.29) is 0 Å². The zero-order valence-corrected chi connectivity index (χ0v) is 15.3. The quantitative estimate of drug-likeness (QED) is 0.659. The second-order valence-corrected chi connectivity index (χ2v) is 6.99. The lowest BCUT2D eigenvalue weighted by molar-refractivity contribution is 0.117. The molecule has 6 heteroatoms. The maximum Gasteiger partial charge on any atom is 0.232 e. The van der Waals surface area contributed by atoms with Gasteiger partial charge in [-0.1, -0.05) is 47.1 Å². The molecule has 0 unspecified atom stereocenters. The third-order valence-electron chi connectivity index (χ3n) is 4.65. The van der Waals surface area contributed by atoms with E-state index in [4.69, 9.17) is 20.9 Å². The topological polar surface area (TPSA) is 51.4 Å². The fourth-order valence-electron chi connectivity index (χ4n) is 3.23. The second-order valence-electron chi connectivity index (χ2n) is 6.55. The Morgan fingerprint density at radius 3 is 2.69 bits per heavy atom. The maximum atomic E-state index is 5.93. The van der Waals surface area contributed by atoms with E-state index in [1.807, 2.05) is 36.4 Å². The van der Waals surface area contributed by atoms with Gasteiger partial charge in [-0.25, -0.2) is 0 Å². The first-order valence-electron chi connectivity index (χ1n) is 8.62. The second kappa shape index (κ2) is 7.48. The molecule has 26 heavy (non-hydrogen) atoms. The van der Waals surface area contributed by atoms with Gasteiger partial charge >= 0.3 is 0 Å². The fraction of sp³-hybridized carbons (Fsp3) is 0.300. The molecule has 134 valence electrons. The molecule has 0 aliphatic carbocycles. The molecule has 0 bridgehead atoms. The highest BCUT2D eigenvalue weighted by atomic mass is 35.5. The van der Waals surface area contributed by atoms with E-state index in [1.165, 1.54) is 5.56 Å². The van der Waals surface area contributed by atoms with E-state index >= 15 is 0 Å². The zero-order chi connectivity index (χ0) is 17.9. The minimum atomic E-state index is 0.307. The molecule has 2 heterocycles. The highest BCUT2D eigenvalue weighted by Gasteiger charge is 2.32. The van der Waals surface area contributed by atoms with Crippen molar-refractivity contribution in [3.8, 4) is 5.75 Å². The SMILES string of the molecule is COc1ccccc1Cc1noc(C2CN(Cc3ccc(Cl)cc3)C2)n1. The fourth-order valence-corrected chi connectivity index (χ4v) is 3.35. The van der Waals surface area contributed by atoms with Gasteiger partial charge in [0.1, 0.15) is 5.75 Å². The van der Waals surface area contributed by atoms with Crippen LogP contribution in [0.1, 0.15) is 28.8 Å². The summed E-state index contributed by atoms with van der Waals surface area (Å²) in [6, 6.07) is 15.9. The molecule has 0 amide bonds. The summed E-state index contributed by atoms with van der Waals surface area (Å²) >= 11 is 5.93. The molecule has 1 aliphatic rings. The Balaban J connectivity index is 1.34. The standard InChI is InChI=1S/C20H20ClN3O2/c1-25-18-5-3-2-4-15(18)10-19-22-20(26-23-19)16-12-24(13-16)11-14-6-8-17(21)9-7-14/h2-9,16H,10-13H2,1H3. The van der Waals surface area contributed by atoms with Crippen LogP contribution >= 0.6 is 11.6 Å². The Morgan fingerprint density at radius 2 is 1.92 bits per heavy atom. The van der Waals surface area contributed by atoms with E-state index < -0.39 is 0 Å². The Morgan fingerprint density at radius 1 is 1.15 bits per heavy atom. The van der Waals surface area contributed by atoms with Crippen molar-refractivity contribution in [2.75, 3.05) is 20.2 Å². The largest absolute Gasteiger partial charge is 0.496 e. The monoisotopic (exact) mass is 369 g/mol. The number of nitrogens with zero attached hydrogens (tertiary/aromatic N) is 3. The van der Waals surface area contributed by atoms with E-state index in [1.54, 1.807) is 7.11 Å². The first-order chi connectivity index (χ1) is 12.7. The summed E-state index contributed by atoms with van der Waals surface area (Å²) in [5.41, 5.74) is 2.32. The van der Waals surface area contributed by atoms with Gasteiger partial charge in [0.05, 0.1) is 13.0 Å². The molecule has 3 aromatic rings. The molecule has 0 N–H and O–H groups in total. The molecule has 4 rings (SSSR count). The lowest BCUT2D eigenvalue weighted by Gasteiger charge is -2.37. The van der Waals surface area contributed by atoms with Crippen LogP contribution in [-0.4, -0.2) is 35.2 Å². The average molecular weight is 370 g/mol. The van der Waals surface area contributed by atoms with Gasteiger partial charge in [-0.05, 0) is 23.8 Å². The molecule has 1 aliphatic heterocycles. The highest BCUT2D eigenvalue weighted by Crippen LogP contribution is 2.28. The minimum Gasteiger partial charge on any atom is -0.496 e. The van der Waals surface area contributed by atoms with Crippen molar-refractivity contribution < 1.29 is 9.26 Å². The van der Waals surface area contributed by atoms with Crippen LogP contribution in [0.5, 0.6) is 5.75 Å². The Labute approximate surface area is 157 Å². The van der Waals surface area contributed by atoms with Gasteiger partial charge in [0.15, 0.2) is 5.82 Å². The van der Waals surface area contributed by atoms with Crippen LogP contribution in [0.3, 0.4) is 0 Å². The van der Waals surface area contributed by atoms with E-state index in [2.05, 4.69) is 27.2 Å². The first-order valence-corrected chi connectivity index (χ1v) is 9.00. The highest BCUT2D eigenvalue weighted by molar-refractivity contribution is 6.30. The molecule has 5 nitrogen and oxygen atoms in total. The van der Waals surface area contributed by atoms with Crippen molar-refractivity contribution in [2.45, 2.75) is 18.9 Å². The van der Waals surface area contributed by atoms with Gasteiger partial charge in [0, 0.05) is 36.6 Å². The van der Waals surface area contributed by atoms with Crippen molar-refractivity contribution in [2.24, 2.45) is 0 Å². The minimum absolute atomic E-state index is 0.307. The molecule has 0 radical (unpaired) electrons. The summed E-state index contributed by atoms with van der Waals surface area (Å²) in [6.45, 7) is 2.77. The summed E-state index contributed by atoms with van der Waals surface area (Å²) in [5, 5.41) is 4.90. The third kappa shape index (κ3) is 3.74. The van der Waals surface area contributed by atoms with Gasteiger partial charge in [0.25, 0.3) is 0 Å². The number of para-hydroxylation sites is 1. The average Bonchev–Trinajstić information content (AvgIpc) is 3.07. The van der Waals surface area contributed by atoms with Crippen molar-refractivity contribution in [1.82, 2.24) is 15.0 Å². The normalized spacial score (nSPS) is 15.0. The summed E-state index contributed by atoms with van der Waals surface area (Å²) in [6.07, 6.45) is 0.606. The van der Waals surface area contributed by atoms with E-state index in [0.717, 1.165) is 41.9 Å². The molecule has 1 aromatic heterocycles. The summed E-state index contributed by atoms with van der Waals surface area (Å²) < 4.78 is 10.9. The van der Waals surface area contributed by atoms with Crippen LogP contribution in [0.4, 0.5) is 0 Å². The van der Waals surface area contributed by atoms with E-state index in [0.29, 0.717) is 18.2 Å². The number of likely N-dealkylation sites (tertiary alicyclic amines) is 1. The van der Waals surface area contributed by atoms with Crippen LogP contribution in [0, 0.1) is 0 Å². The number of rotatable bonds is 6. The Hall–Kier alpha value is -2.37. The van der Waals surface area contributed by atoms with Gasteiger partial charge < -0.3 is 9.26 Å². The number of ether oxygens (including phenoxy) is 1. The molecule has 0 atom stereocenters. The molecule has 0 spiro atoms. The molecule has 1 saturated heterocycles. The van der Waals surface area contributed by atoms with Crippen molar-refractivity contribution in [3.05, 3.63) is 76.4 Å². The molecule has 1 fully saturated rings. The third-order valence-corrected chi connectivity index (χ3v) is 4.90. The van der Waals surface area contributed by atoms with Crippen LogP contribution in [0.25, 0.3) is 0 Å². The maximum absolute atomic E-state index is 5.93. The van der Waals surface area contributed by atoms with Crippen LogP contribution in [0.2, 0.25) is 5.02 Å². The summed E-state index contributed by atoms with van der Waals surface area (Å²) in [5.74, 6) is 2.57. The van der Waals surface area contributed by atoms with Crippen LogP contribution in [-0.2, 0) is 13.0 Å². The molecular formula is C20H20ClN3O2. The summed E-state index contributed by atoms with van der Waals surface area (Å²) in [7, 11) is 1.67. The van der Waals surface area contributed by atoms with Crippen molar-refractivity contribution in [1.29, 1.82) is 0 Å². The molecular weight excluding hydrogens is 350 g/mol. The lowest BCUT2D eigenvalue weighted by Crippen LogP contribution is -2.44. The van der Waals surface area contributed by atoms with Crippen LogP contribution < -0.4 is 4.74 Å². The van der Waals surface area contributed by atoms with Gasteiger partial charge in [-0.2, -0.15) is 4.98 Å². The predicted octanol–water partition coefficient (Wildman–Crippen LogP) is 3.92. The first kappa shape index (κ1) is 17.1. The van der Waals surface area contributed by atoms with Crippen molar-refractivity contribution in [3.63, 3.8) is 0 Å². The van der Waals surface area contributed by atoms with E-state index in [9.17, 15) is 0 Å². The van der Waals surface area contributed by atoms with Crippen molar-refractivity contribution >= 4 is 11.6 Å². The Kier molecular flexibility index (Phi) is 4.91.